The lowest BCUT2D eigenvalue weighted by Gasteiger charge is -2.28. The van der Waals surface area contributed by atoms with E-state index in [-0.39, 0.29) is 17.2 Å². The van der Waals surface area contributed by atoms with Gasteiger partial charge in [-0.2, -0.15) is 0 Å². The van der Waals surface area contributed by atoms with E-state index in [0.29, 0.717) is 5.11 Å². The lowest BCUT2D eigenvalue weighted by Crippen LogP contribution is -2.55. The molecule has 2 aliphatic rings. The van der Waals surface area contributed by atoms with Crippen LogP contribution in [-0.4, -0.2) is 16.4 Å². The summed E-state index contributed by atoms with van der Waals surface area (Å²) in [6, 6.07) is 10.1. The maximum absolute atomic E-state index is 12.1. The minimum Gasteiger partial charge on any atom is -0.349 e. The van der Waals surface area contributed by atoms with Gasteiger partial charge in [-0.3, -0.25) is 4.79 Å². The first kappa shape index (κ1) is 11.7. The predicted octanol–water partition coefficient (Wildman–Crippen LogP) is 2.11. The number of thiocarbonyl (C=S) groups is 1. The Hall–Kier alpha value is -1.33. The number of benzene rings is 1. The Labute approximate surface area is 115 Å². The van der Waals surface area contributed by atoms with Crippen molar-refractivity contribution < 1.29 is 4.79 Å². The second kappa shape index (κ2) is 4.40. The van der Waals surface area contributed by atoms with E-state index in [1.54, 1.807) is 11.8 Å². The summed E-state index contributed by atoms with van der Waals surface area (Å²) in [6.07, 6.45) is 0. The topological polar surface area (TPSA) is 41.1 Å². The summed E-state index contributed by atoms with van der Waals surface area (Å²) in [5.41, 5.74) is 2.22. The van der Waals surface area contributed by atoms with Crippen molar-refractivity contribution in [2.75, 3.05) is 0 Å². The Morgan fingerprint density at radius 2 is 2.00 bits per heavy atom. The van der Waals surface area contributed by atoms with E-state index >= 15 is 0 Å². The van der Waals surface area contributed by atoms with E-state index in [0.717, 1.165) is 11.1 Å². The molecule has 2 heterocycles. The lowest BCUT2D eigenvalue weighted by molar-refractivity contribution is -0.122. The monoisotopic (exact) mass is 276 g/mol. The number of fused-ring (bicyclic) bond motifs is 1. The first-order valence-electron chi connectivity index (χ1n) is 5.71. The van der Waals surface area contributed by atoms with Crippen molar-refractivity contribution in [1.82, 2.24) is 10.6 Å². The van der Waals surface area contributed by atoms with Crippen molar-refractivity contribution >= 4 is 40.6 Å². The number of hydrogen-bond acceptors (Lipinski definition) is 3. The number of carbonyl (C=O) groups excluding carboxylic acids is 1. The summed E-state index contributed by atoms with van der Waals surface area (Å²) in [7, 11) is 0. The van der Waals surface area contributed by atoms with Gasteiger partial charge in [-0.05, 0) is 35.2 Å². The van der Waals surface area contributed by atoms with E-state index < -0.39 is 0 Å². The van der Waals surface area contributed by atoms with Crippen LogP contribution in [0.4, 0.5) is 0 Å². The Balaban J connectivity index is 2.02. The van der Waals surface area contributed by atoms with Crippen molar-refractivity contribution in [2.24, 2.45) is 5.92 Å². The number of amides is 1. The summed E-state index contributed by atoms with van der Waals surface area (Å²) in [5.74, 6) is -0.170. The molecule has 0 bridgehead atoms. The van der Waals surface area contributed by atoms with Crippen LogP contribution in [0.5, 0.6) is 0 Å². The first-order chi connectivity index (χ1) is 8.66. The molecule has 3 rings (SSSR count). The van der Waals surface area contributed by atoms with Crippen LogP contribution in [0.1, 0.15) is 12.5 Å². The molecule has 2 unspecified atom stereocenters. The van der Waals surface area contributed by atoms with Gasteiger partial charge in [-0.15, -0.1) is 11.8 Å². The van der Waals surface area contributed by atoms with Crippen LogP contribution in [0.2, 0.25) is 0 Å². The van der Waals surface area contributed by atoms with Crippen LogP contribution in [-0.2, 0) is 4.79 Å². The zero-order chi connectivity index (χ0) is 12.7. The molecule has 18 heavy (non-hydrogen) atoms. The molecule has 0 aromatic heterocycles. The molecular weight excluding hydrogens is 264 g/mol. The second-order valence-electron chi connectivity index (χ2n) is 4.31. The summed E-state index contributed by atoms with van der Waals surface area (Å²) >= 11 is 6.71. The highest BCUT2D eigenvalue weighted by Gasteiger charge is 2.43. The lowest BCUT2D eigenvalue weighted by atomic mass is 9.90. The summed E-state index contributed by atoms with van der Waals surface area (Å²) < 4.78 is 0. The van der Waals surface area contributed by atoms with Crippen molar-refractivity contribution in [2.45, 2.75) is 12.3 Å². The molecule has 2 N–H and O–H groups in total. The molecule has 1 aromatic carbocycles. The van der Waals surface area contributed by atoms with Crippen molar-refractivity contribution in [1.29, 1.82) is 0 Å². The molecule has 2 atom stereocenters. The van der Waals surface area contributed by atoms with E-state index in [1.165, 1.54) is 4.91 Å². The average molecular weight is 276 g/mol. The Kier molecular flexibility index (Phi) is 2.87. The summed E-state index contributed by atoms with van der Waals surface area (Å²) in [5, 5.41) is 6.32. The third-order valence-electron chi connectivity index (χ3n) is 3.17. The van der Waals surface area contributed by atoms with Crippen molar-refractivity contribution in [3.63, 3.8) is 0 Å². The second-order valence-corrected chi connectivity index (χ2v) is 6.08. The van der Waals surface area contributed by atoms with Gasteiger partial charge in [0, 0.05) is 0 Å². The normalized spacial score (nSPS) is 26.7. The highest BCUT2D eigenvalue weighted by Crippen LogP contribution is 2.46. The highest BCUT2D eigenvalue weighted by molar-refractivity contribution is 8.04. The molecule has 0 saturated carbocycles. The molecular formula is C13H12N2OS2. The number of rotatable bonds is 1. The molecule has 92 valence electrons. The Morgan fingerprint density at radius 1 is 1.28 bits per heavy atom. The molecule has 1 fully saturated rings. The smallest absolute Gasteiger partial charge is 0.236 e. The number of allylic oxidation sites excluding steroid dienone is 1. The quantitative estimate of drug-likeness (QED) is 0.771. The SMILES string of the molecule is CC1=C(c2ccccc2)C2C(=O)NC(=S)NC2S1. The molecule has 0 spiro atoms. The van der Waals surface area contributed by atoms with Gasteiger partial charge in [-0.25, -0.2) is 0 Å². The minimum atomic E-state index is -0.163. The number of nitrogens with one attached hydrogen (secondary N) is 2. The fourth-order valence-electron chi connectivity index (χ4n) is 2.43. The molecule has 5 heteroatoms. The fraction of sp³-hybridized carbons (Fsp3) is 0.231. The fourth-order valence-corrected chi connectivity index (χ4v) is 4.06. The largest absolute Gasteiger partial charge is 0.349 e. The molecule has 2 aliphatic heterocycles. The van der Waals surface area contributed by atoms with Crippen LogP contribution in [0.15, 0.2) is 35.2 Å². The van der Waals surface area contributed by atoms with E-state index in [1.807, 2.05) is 30.3 Å². The van der Waals surface area contributed by atoms with E-state index in [4.69, 9.17) is 12.2 Å². The van der Waals surface area contributed by atoms with E-state index in [9.17, 15) is 4.79 Å². The zero-order valence-electron chi connectivity index (χ0n) is 9.77. The van der Waals surface area contributed by atoms with Crippen LogP contribution >= 0.6 is 24.0 Å². The number of hydrogen-bond donors (Lipinski definition) is 2. The van der Waals surface area contributed by atoms with Gasteiger partial charge in [0.1, 0.15) is 0 Å². The third-order valence-corrected chi connectivity index (χ3v) is 4.61. The van der Waals surface area contributed by atoms with Gasteiger partial charge in [0.2, 0.25) is 5.91 Å². The molecule has 1 aromatic rings. The van der Waals surface area contributed by atoms with Crippen molar-refractivity contribution in [3.8, 4) is 0 Å². The van der Waals surface area contributed by atoms with E-state index in [2.05, 4.69) is 17.6 Å². The summed E-state index contributed by atoms with van der Waals surface area (Å²) in [6.45, 7) is 2.06. The van der Waals surface area contributed by atoms with Gasteiger partial charge in [0.15, 0.2) is 5.11 Å². The Bertz CT molecular complexity index is 553. The van der Waals surface area contributed by atoms with Crippen LogP contribution in [0.25, 0.3) is 5.57 Å². The van der Waals surface area contributed by atoms with Gasteiger partial charge in [0.25, 0.3) is 0 Å². The van der Waals surface area contributed by atoms with Gasteiger partial charge < -0.3 is 10.6 Å². The summed E-state index contributed by atoms with van der Waals surface area (Å²) in [4.78, 5) is 13.3. The van der Waals surface area contributed by atoms with Crippen LogP contribution < -0.4 is 10.6 Å². The molecule has 3 nitrogen and oxygen atoms in total. The molecule has 0 aliphatic carbocycles. The predicted molar refractivity (Wildman–Crippen MR) is 77.8 cm³/mol. The molecule has 0 radical (unpaired) electrons. The average Bonchev–Trinajstić information content (AvgIpc) is 2.66. The Morgan fingerprint density at radius 3 is 2.72 bits per heavy atom. The number of thioether (sulfide) groups is 1. The molecule has 1 amide bonds. The first-order valence-corrected chi connectivity index (χ1v) is 7.00. The standard InChI is InChI=1S/C13H12N2OS2/c1-7-9(8-5-3-2-4-6-8)10-11(16)14-13(17)15-12(10)18-7/h2-6,10,12H,1H3,(H2,14,15,16,17). The zero-order valence-corrected chi connectivity index (χ0v) is 11.4. The van der Waals surface area contributed by atoms with Crippen molar-refractivity contribution in [3.05, 3.63) is 40.8 Å². The third kappa shape index (κ3) is 1.83. The maximum atomic E-state index is 12.1. The van der Waals surface area contributed by atoms with Crippen LogP contribution in [0, 0.1) is 5.92 Å². The minimum absolute atomic E-state index is 0.00745. The van der Waals surface area contributed by atoms with Crippen LogP contribution in [0.3, 0.4) is 0 Å². The van der Waals surface area contributed by atoms with Gasteiger partial charge in [-0.1, -0.05) is 30.3 Å². The maximum Gasteiger partial charge on any atom is 0.236 e. The van der Waals surface area contributed by atoms with Gasteiger partial charge in [0.05, 0.1) is 11.3 Å². The molecule has 1 saturated heterocycles. The highest BCUT2D eigenvalue weighted by atomic mass is 32.2. The van der Waals surface area contributed by atoms with Gasteiger partial charge >= 0.3 is 0 Å². The number of carbonyl (C=O) groups is 1.